The minimum absolute atomic E-state index is 0.0101. The number of thioether (sulfide) groups is 1. The van der Waals surface area contributed by atoms with Crippen LogP contribution in [-0.4, -0.2) is 35.0 Å². The normalized spacial score (nSPS) is 22.3. The molecule has 110 valence electrons. The molecule has 0 spiro atoms. The Kier molecular flexibility index (Phi) is 5.71. The third kappa shape index (κ3) is 3.88. The van der Waals surface area contributed by atoms with Crippen LogP contribution in [0.25, 0.3) is 0 Å². The highest BCUT2D eigenvalue weighted by atomic mass is 32.2. The van der Waals surface area contributed by atoms with E-state index in [1.165, 1.54) is 12.8 Å². The molecule has 1 aromatic rings. The lowest BCUT2D eigenvalue weighted by atomic mass is 9.94. The van der Waals surface area contributed by atoms with Gasteiger partial charge in [0.15, 0.2) is 0 Å². The Labute approximate surface area is 125 Å². The number of carbonyl (C=O) groups excluding carboxylic acids is 1. The van der Waals surface area contributed by atoms with Gasteiger partial charge in [0.2, 0.25) is 0 Å². The van der Waals surface area contributed by atoms with Crippen molar-refractivity contribution in [2.24, 2.45) is 0 Å². The summed E-state index contributed by atoms with van der Waals surface area (Å²) < 4.78 is 0. The van der Waals surface area contributed by atoms with E-state index in [4.69, 9.17) is 0 Å². The lowest BCUT2D eigenvalue weighted by Crippen LogP contribution is -2.38. The van der Waals surface area contributed by atoms with Gasteiger partial charge in [-0.1, -0.05) is 0 Å². The van der Waals surface area contributed by atoms with E-state index in [0.29, 0.717) is 11.6 Å². The van der Waals surface area contributed by atoms with Crippen LogP contribution in [0.15, 0.2) is 18.5 Å². The zero-order valence-corrected chi connectivity index (χ0v) is 13.0. The van der Waals surface area contributed by atoms with Gasteiger partial charge in [-0.15, -0.1) is 0 Å². The molecule has 1 fully saturated rings. The predicted molar refractivity (Wildman–Crippen MR) is 85.4 cm³/mol. The fourth-order valence-electron chi connectivity index (χ4n) is 2.63. The van der Waals surface area contributed by atoms with Crippen molar-refractivity contribution in [2.75, 3.05) is 18.1 Å². The monoisotopic (exact) mass is 293 g/mol. The van der Waals surface area contributed by atoms with Gasteiger partial charge in [0.25, 0.3) is 5.91 Å². The molecule has 1 saturated carbocycles. The number of carbonyl (C=O) groups is 1. The second-order valence-electron chi connectivity index (χ2n) is 5.13. The van der Waals surface area contributed by atoms with E-state index in [9.17, 15) is 4.79 Å². The summed E-state index contributed by atoms with van der Waals surface area (Å²) in [5, 5.41) is 7.11. The average Bonchev–Trinajstić information content (AvgIpc) is 2.49. The van der Waals surface area contributed by atoms with Gasteiger partial charge in [-0.3, -0.25) is 9.78 Å². The van der Waals surface area contributed by atoms with Gasteiger partial charge in [-0.05, 0) is 44.9 Å². The molecule has 1 amide bonds. The zero-order chi connectivity index (χ0) is 14.4. The molecule has 2 N–H and O–H groups in total. The van der Waals surface area contributed by atoms with Crippen molar-refractivity contribution in [1.29, 1.82) is 0 Å². The molecule has 0 atom stereocenters. The van der Waals surface area contributed by atoms with Gasteiger partial charge in [0, 0.05) is 24.0 Å². The van der Waals surface area contributed by atoms with Gasteiger partial charge >= 0.3 is 0 Å². The second kappa shape index (κ2) is 7.53. The summed E-state index contributed by atoms with van der Waals surface area (Å²) in [6.07, 6.45) is 10.1. The molecule has 1 aromatic heterocycles. The van der Waals surface area contributed by atoms with Crippen molar-refractivity contribution in [3.8, 4) is 0 Å². The lowest BCUT2D eigenvalue weighted by molar-refractivity contribution is 0.0929. The standard InChI is InChI=1S/C15H23N3OS/c1-3-17-14-10-16-9-8-13(14)15(19)18-11-4-6-12(20-2)7-5-11/h8-12,17H,3-7H2,1-2H3,(H,18,19). The maximum atomic E-state index is 12.4. The van der Waals surface area contributed by atoms with Crippen molar-refractivity contribution in [1.82, 2.24) is 10.3 Å². The van der Waals surface area contributed by atoms with E-state index in [-0.39, 0.29) is 5.91 Å². The topological polar surface area (TPSA) is 54.0 Å². The molecule has 0 aliphatic heterocycles. The summed E-state index contributed by atoms with van der Waals surface area (Å²) in [6, 6.07) is 2.09. The third-order valence-corrected chi connectivity index (χ3v) is 4.91. The Bertz CT molecular complexity index is 444. The molecule has 1 heterocycles. The second-order valence-corrected chi connectivity index (χ2v) is 6.27. The molecular formula is C15H23N3OS. The van der Waals surface area contributed by atoms with Gasteiger partial charge in [-0.25, -0.2) is 0 Å². The maximum absolute atomic E-state index is 12.4. The Hall–Kier alpha value is -1.23. The summed E-state index contributed by atoms with van der Waals surface area (Å²) in [5.74, 6) is 0.0101. The number of nitrogens with one attached hydrogen (secondary N) is 2. The molecule has 5 heteroatoms. The molecule has 1 aliphatic carbocycles. The van der Waals surface area contributed by atoms with Crippen LogP contribution in [0.3, 0.4) is 0 Å². The van der Waals surface area contributed by atoms with E-state index in [1.807, 2.05) is 18.7 Å². The first kappa shape index (κ1) is 15.2. The Morgan fingerprint density at radius 1 is 1.40 bits per heavy atom. The van der Waals surface area contributed by atoms with Crippen molar-refractivity contribution in [2.45, 2.75) is 43.9 Å². The number of hydrogen-bond acceptors (Lipinski definition) is 4. The molecule has 0 bridgehead atoms. The van der Waals surface area contributed by atoms with Crippen LogP contribution in [0.2, 0.25) is 0 Å². The van der Waals surface area contributed by atoms with Crippen LogP contribution in [0.1, 0.15) is 43.0 Å². The van der Waals surface area contributed by atoms with Crippen molar-refractivity contribution >= 4 is 23.4 Å². The number of pyridine rings is 1. The van der Waals surface area contributed by atoms with Crippen LogP contribution < -0.4 is 10.6 Å². The molecule has 4 nitrogen and oxygen atoms in total. The molecule has 20 heavy (non-hydrogen) atoms. The van der Waals surface area contributed by atoms with E-state index < -0.39 is 0 Å². The zero-order valence-electron chi connectivity index (χ0n) is 12.2. The van der Waals surface area contributed by atoms with Crippen molar-refractivity contribution < 1.29 is 4.79 Å². The first-order valence-corrected chi connectivity index (χ1v) is 8.55. The maximum Gasteiger partial charge on any atom is 0.253 e. The summed E-state index contributed by atoms with van der Waals surface area (Å²) >= 11 is 1.94. The van der Waals surface area contributed by atoms with Gasteiger partial charge in [0.05, 0.1) is 17.4 Å². The molecule has 0 unspecified atom stereocenters. The quantitative estimate of drug-likeness (QED) is 0.876. The van der Waals surface area contributed by atoms with E-state index in [0.717, 1.165) is 30.3 Å². The number of amides is 1. The summed E-state index contributed by atoms with van der Waals surface area (Å²) in [7, 11) is 0. The van der Waals surface area contributed by atoms with Crippen molar-refractivity contribution in [3.63, 3.8) is 0 Å². The molecule has 0 aromatic carbocycles. The predicted octanol–water partition coefficient (Wildman–Crippen LogP) is 2.92. The van der Waals surface area contributed by atoms with Crippen LogP contribution in [0, 0.1) is 0 Å². The fraction of sp³-hybridized carbons (Fsp3) is 0.600. The number of hydrogen-bond donors (Lipinski definition) is 2. The van der Waals surface area contributed by atoms with Crippen LogP contribution in [-0.2, 0) is 0 Å². The number of anilines is 1. The largest absolute Gasteiger partial charge is 0.383 e. The van der Waals surface area contributed by atoms with Crippen LogP contribution >= 0.6 is 11.8 Å². The number of aromatic nitrogens is 1. The van der Waals surface area contributed by atoms with Gasteiger partial charge < -0.3 is 10.6 Å². The Morgan fingerprint density at radius 2 is 2.15 bits per heavy atom. The Balaban J connectivity index is 1.95. The van der Waals surface area contributed by atoms with Crippen LogP contribution in [0.4, 0.5) is 5.69 Å². The highest BCUT2D eigenvalue weighted by molar-refractivity contribution is 7.99. The molecule has 0 radical (unpaired) electrons. The summed E-state index contributed by atoms with van der Waals surface area (Å²) in [6.45, 7) is 2.79. The minimum Gasteiger partial charge on any atom is -0.383 e. The third-order valence-electron chi connectivity index (χ3n) is 3.78. The first-order chi connectivity index (χ1) is 9.74. The van der Waals surface area contributed by atoms with E-state index >= 15 is 0 Å². The van der Waals surface area contributed by atoms with Gasteiger partial charge in [0.1, 0.15) is 0 Å². The van der Waals surface area contributed by atoms with Crippen molar-refractivity contribution in [3.05, 3.63) is 24.0 Å². The number of nitrogens with zero attached hydrogens (tertiary/aromatic N) is 1. The highest BCUT2D eigenvalue weighted by Crippen LogP contribution is 2.27. The SMILES string of the molecule is CCNc1cnccc1C(=O)NC1CCC(SC)CC1. The summed E-state index contributed by atoms with van der Waals surface area (Å²) in [4.78, 5) is 16.4. The molecular weight excluding hydrogens is 270 g/mol. The smallest absolute Gasteiger partial charge is 0.253 e. The fourth-order valence-corrected chi connectivity index (χ4v) is 3.37. The summed E-state index contributed by atoms with van der Waals surface area (Å²) in [5.41, 5.74) is 1.50. The molecule has 1 aliphatic rings. The average molecular weight is 293 g/mol. The van der Waals surface area contributed by atoms with Gasteiger partial charge in [-0.2, -0.15) is 11.8 Å². The lowest BCUT2D eigenvalue weighted by Gasteiger charge is -2.28. The van der Waals surface area contributed by atoms with E-state index in [2.05, 4.69) is 21.9 Å². The molecule has 0 saturated heterocycles. The van der Waals surface area contributed by atoms with Crippen LogP contribution in [0.5, 0.6) is 0 Å². The van der Waals surface area contributed by atoms with E-state index in [1.54, 1.807) is 18.5 Å². The minimum atomic E-state index is 0.0101. The molecule has 2 rings (SSSR count). The first-order valence-electron chi connectivity index (χ1n) is 7.26. The number of rotatable bonds is 5. The Morgan fingerprint density at radius 3 is 2.80 bits per heavy atom. The highest BCUT2D eigenvalue weighted by Gasteiger charge is 2.22.